The molecule has 0 aliphatic carbocycles. The molecule has 1 saturated heterocycles. The van der Waals surface area contributed by atoms with Crippen molar-refractivity contribution in [2.75, 3.05) is 32.8 Å². The Morgan fingerprint density at radius 1 is 1.41 bits per heavy atom. The monoisotopic (exact) mass is 238 g/mol. The van der Waals surface area contributed by atoms with Crippen LogP contribution in [0, 0.1) is 12.7 Å². The van der Waals surface area contributed by atoms with E-state index in [1.54, 1.807) is 6.07 Å². The molecule has 3 nitrogen and oxygen atoms in total. The highest BCUT2D eigenvalue weighted by atomic mass is 19.1. The SMILES string of the molecule is Cc1ccc(F)cc1C(CO)N1CCNCC1. The van der Waals surface area contributed by atoms with Crippen molar-refractivity contribution in [3.05, 3.63) is 35.1 Å². The van der Waals surface area contributed by atoms with Gasteiger partial charge in [-0.2, -0.15) is 0 Å². The van der Waals surface area contributed by atoms with Gasteiger partial charge in [0.05, 0.1) is 12.6 Å². The topological polar surface area (TPSA) is 35.5 Å². The van der Waals surface area contributed by atoms with Gasteiger partial charge in [0.15, 0.2) is 0 Å². The molecule has 0 amide bonds. The molecule has 17 heavy (non-hydrogen) atoms. The van der Waals surface area contributed by atoms with Crippen molar-refractivity contribution in [2.24, 2.45) is 0 Å². The zero-order valence-corrected chi connectivity index (χ0v) is 10.1. The molecular formula is C13H19FN2O. The quantitative estimate of drug-likeness (QED) is 0.827. The van der Waals surface area contributed by atoms with Crippen LogP contribution in [0.3, 0.4) is 0 Å². The van der Waals surface area contributed by atoms with Crippen molar-refractivity contribution in [3.63, 3.8) is 0 Å². The Morgan fingerprint density at radius 3 is 2.76 bits per heavy atom. The fourth-order valence-electron chi connectivity index (χ4n) is 2.37. The largest absolute Gasteiger partial charge is 0.394 e. The molecule has 0 bridgehead atoms. The third-order valence-corrected chi connectivity index (χ3v) is 3.37. The van der Waals surface area contributed by atoms with Crippen LogP contribution in [-0.2, 0) is 0 Å². The summed E-state index contributed by atoms with van der Waals surface area (Å²) in [5, 5.41) is 12.8. The van der Waals surface area contributed by atoms with Gasteiger partial charge in [-0.3, -0.25) is 4.90 Å². The van der Waals surface area contributed by atoms with E-state index in [9.17, 15) is 9.50 Å². The molecule has 1 fully saturated rings. The second-order valence-corrected chi connectivity index (χ2v) is 4.49. The molecule has 2 rings (SSSR count). The molecule has 2 N–H and O–H groups in total. The first-order valence-corrected chi connectivity index (χ1v) is 6.04. The minimum Gasteiger partial charge on any atom is -0.394 e. The van der Waals surface area contributed by atoms with Crippen molar-refractivity contribution >= 4 is 0 Å². The van der Waals surface area contributed by atoms with Gasteiger partial charge >= 0.3 is 0 Å². The number of nitrogens with zero attached hydrogens (tertiary/aromatic N) is 1. The molecule has 1 aromatic rings. The molecule has 0 aromatic heterocycles. The van der Waals surface area contributed by atoms with Crippen molar-refractivity contribution in [1.82, 2.24) is 10.2 Å². The van der Waals surface area contributed by atoms with Gasteiger partial charge in [-0.15, -0.1) is 0 Å². The fourth-order valence-corrected chi connectivity index (χ4v) is 2.37. The molecule has 1 aliphatic rings. The summed E-state index contributed by atoms with van der Waals surface area (Å²) in [6.07, 6.45) is 0. The Kier molecular flexibility index (Phi) is 4.10. The van der Waals surface area contributed by atoms with E-state index < -0.39 is 0 Å². The number of hydrogen-bond acceptors (Lipinski definition) is 3. The summed E-state index contributed by atoms with van der Waals surface area (Å²) in [5.74, 6) is -0.237. The van der Waals surface area contributed by atoms with Gasteiger partial charge in [0, 0.05) is 26.2 Å². The summed E-state index contributed by atoms with van der Waals surface area (Å²) < 4.78 is 13.3. The molecule has 94 valence electrons. The van der Waals surface area contributed by atoms with E-state index in [1.165, 1.54) is 12.1 Å². The van der Waals surface area contributed by atoms with E-state index in [4.69, 9.17) is 0 Å². The molecule has 1 atom stereocenters. The summed E-state index contributed by atoms with van der Waals surface area (Å²) in [6.45, 7) is 5.61. The number of rotatable bonds is 3. The molecule has 0 saturated carbocycles. The van der Waals surface area contributed by atoms with Crippen molar-refractivity contribution < 1.29 is 9.50 Å². The molecule has 1 unspecified atom stereocenters. The maximum Gasteiger partial charge on any atom is 0.123 e. The van der Waals surface area contributed by atoms with E-state index >= 15 is 0 Å². The lowest BCUT2D eigenvalue weighted by Gasteiger charge is -2.34. The van der Waals surface area contributed by atoms with Gasteiger partial charge in [-0.05, 0) is 30.2 Å². The standard InChI is InChI=1S/C13H19FN2O/c1-10-2-3-11(14)8-12(10)13(9-17)16-6-4-15-5-7-16/h2-3,8,13,15,17H,4-7,9H2,1H3. The van der Waals surface area contributed by atoms with Crippen LogP contribution in [0.15, 0.2) is 18.2 Å². The van der Waals surface area contributed by atoms with E-state index in [0.717, 1.165) is 37.3 Å². The van der Waals surface area contributed by atoms with Crippen molar-refractivity contribution in [2.45, 2.75) is 13.0 Å². The number of aryl methyl sites for hydroxylation is 1. The average Bonchev–Trinajstić information content (AvgIpc) is 2.36. The Hall–Kier alpha value is -0.970. The molecule has 1 aromatic carbocycles. The minimum absolute atomic E-state index is 0.0320. The number of aliphatic hydroxyl groups excluding tert-OH is 1. The first-order chi connectivity index (χ1) is 8.22. The van der Waals surface area contributed by atoms with Gasteiger partial charge in [0.1, 0.15) is 5.82 Å². The third kappa shape index (κ3) is 2.83. The highest BCUT2D eigenvalue weighted by molar-refractivity contribution is 5.29. The van der Waals surface area contributed by atoms with Crippen LogP contribution in [0.2, 0.25) is 0 Å². The minimum atomic E-state index is -0.237. The smallest absolute Gasteiger partial charge is 0.123 e. The highest BCUT2D eigenvalue weighted by Gasteiger charge is 2.22. The predicted molar refractivity (Wildman–Crippen MR) is 65.4 cm³/mol. The summed E-state index contributed by atoms with van der Waals surface area (Å²) >= 11 is 0. The lowest BCUT2D eigenvalue weighted by molar-refractivity contribution is 0.110. The van der Waals surface area contributed by atoms with E-state index in [2.05, 4.69) is 10.2 Å². The number of piperazine rings is 1. The maximum atomic E-state index is 13.3. The molecular weight excluding hydrogens is 219 g/mol. The zero-order chi connectivity index (χ0) is 12.3. The molecule has 1 heterocycles. The lowest BCUT2D eigenvalue weighted by Crippen LogP contribution is -2.46. The normalized spacial score (nSPS) is 19.2. The highest BCUT2D eigenvalue weighted by Crippen LogP contribution is 2.24. The van der Waals surface area contributed by atoms with Crippen LogP contribution >= 0.6 is 0 Å². The number of nitrogens with one attached hydrogen (secondary N) is 1. The fraction of sp³-hybridized carbons (Fsp3) is 0.538. The van der Waals surface area contributed by atoms with E-state index in [0.29, 0.717) is 0 Å². The average molecular weight is 238 g/mol. The second kappa shape index (κ2) is 5.58. The Balaban J connectivity index is 2.24. The van der Waals surface area contributed by atoms with Gasteiger partial charge < -0.3 is 10.4 Å². The number of aliphatic hydroxyl groups is 1. The van der Waals surface area contributed by atoms with Crippen LogP contribution in [0.5, 0.6) is 0 Å². The van der Waals surface area contributed by atoms with Crippen LogP contribution < -0.4 is 5.32 Å². The molecule has 1 aliphatic heterocycles. The summed E-state index contributed by atoms with van der Waals surface area (Å²) in [7, 11) is 0. The van der Waals surface area contributed by atoms with Gasteiger partial charge in [0.2, 0.25) is 0 Å². The van der Waals surface area contributed by atoms with Crippen molar-refractivity contribution in [1.29, 1.82) is 0 Å². The van der Waals surface area contributed by atoms with Gasteiger partial charge in [-0.25, -0.2) is 4.39 Å². The number of hydrogen-bond donors (Lipinski definition) is 2. The molecule has 0 spiro atoms. The Bertz CT molecular complexity index is 378. The van der Waals surface area contributed by atoms with Crippen LogP contribution in [0.4, 0.5) is 4.39 Å². The van der Waals surface area contributed by atoms with Gasteiger partial charge in [-0.1, -0.05) is 6.07 Å². The molecule has 4 heteroatoms. The summed E-state index contributed by atoms with van der Waals surface area (Å²) in [6, 6.07) is 4.69. The van der Waals surface area contributed by atoms with Gasteiger partial charge in [0.25, 0.3) is 0 Å². The van der Waals surface area contributed by atoms with Crippen LogP contribution in [-0.4, -0.2) is 42.8 Å². The summed E-state index contributed by atoms with van der Waals surface area (Å²) in [4.78, 5) is 2.21. The van der Waals surface area contributed by atoms with Crippen molar-refractivity contribution in [3.8, 4) is 0 Å². The Morgan fingerprint density at radius 2 is 2.12 bits per heavy atom. The predicted octanol–water partition coefficient (Wildman–Crippen LogP) is 1.07. The van der Waals surface area contributed by atoms with Crippen LogP contribution in [0.25, 0.3) is 0 Å². The maximum absolute atomic E-state index is 13.3. The zero-order valence-electron chi connectivity index (χ0n) is 10.1. The second-order valence-electron chi connectivity index (χ2n) is 4.49. The van der Waals surface area contributed by atoms with E-state index in [1.807, 2.05) is 6.92 Å². The first kappa shape index (κ1) is 12.5. The Labute approximate surface area is 101 Å². The van der Waals surface area contributed by atoms with Crippen LogP contribution in [0.1, 0.15) is 17.2 Å². The third-order valence-electron chi connectivity index (χ3n) is 3.37. The lowest BCUT2D eigenvalue weighted by atomic mass is 9.99. The first-order valence-electron chi connectivity index (χ1n) is 6.04. The molecule has 0 radical (unpaired) electrons. The summed E-state index contributed by atoms with van der Waals surface area (Å²) in [5.41, 5.74) is 1.93. The number of benzene rings is 1. The van der Waals surface area contributed by atoms with E-state index in [-0.39, 0.29) is 18.5 Å². The number of halogens is 1.